The molecule has 41 heavy (non-hydrogen) atoms. The molecule has 13 heteroatoms. The number of aliphatic hydroxyl groups excluding tert-OH is 2. The number of aliphatic carboxylic acids is 2. The highest BCUT2D eigenvalue weighted by atomic mass is 16.5. The van der Waals surface area contributed by atoms with E-state index >= 15 is 0 Å². The Morgan fingerprint density at radius 3 is 2.17 bits per heavy atom. The van der Waals surface area contributed by atoms with Crippen molar-refractivity contribution in [2.75, 3.05) is 39.5 Å². The van der Waals surface area contributed by atoms with Crippen LogP contribution in [0.2, 0.25) is 0 Å². The third-order valence-electron chi connectivity index (χ3n) is 10.2. The van der Waals surface area contributed by atoms with E-state index in [-0.39, 0.29) is 29.0 Å². The summed E-state index contributed by atoms with van der Waals surface area (Å²) in [5, 5.41) is 42.1. The Kier molecular flexibility index (Phi) is 8.63. The second-order valence-electron chi connectivity index (χ2n) is 13.0. The van der Waals surface area contributed by atoms with Gasteiger partial charge in [0, 0.05) is 25.7 Å². The maximum Gasteiger partial charge on any atom is 0.335 e. The zero-order valence-electron chi connectivity index (χ0n) is 23.3. The van der Waals surface area contributed by atoms with E-state index in [0.717, 1.165) is 84.4 Å². The lowest BCUT2D eigenvalue weighted by Gasteiger charge is -2.63. The summed E-state index contributed by atoms with van der Waals surface area (Å²) in [5.41, 5.74) is 6.57. The minimum absolute atomic E-state index is 0.0435. The molecule has 7 rings (SSSR count). The van der Waals surface area contributed by atoms with Crippen molar-refractivity contribution in [3.63, 3.8) is 0 Å². The van der Waals surface area contributed by atoms with Gasteiger partial charge in [-0.25, -0.2) is 9.59 Å². The second kappa shape index (κ2) is 11.7. The van der Waals surface area contributed by atoms with Crippen molar-refractivity contribution in [2.45, 2.75) is 87.3 Å². The van der Waals surface area contributed by atoms with Crippen LogP contribution < -0.4 is 5.73 Å². The third kappa shape index (κ3) is 6.09. The van der Waals surface area contributed by atoms with Crippen LogP contribution in [0.3, 0.4) is 0 Å². The molecule has 0 aromatic heterocycles. The number of nitriles is 1. The molecule has 2 saturated heterocycles. The number of aliphatic hydroxyl groups is 2. The number of carbonyl (C=O) groups excluding carboxylic acids is 1. The van der Waals surface area contributed by atoms with Crippen molar-refractivity contribution in [1.82, 2.24) is 9.80 Å². The van der Waals surface area contributed by atoms with Gasteiger partial charge in [-0.05, 0) is 74.5 Å². The van der Waals surface area contributed by atoms with Gasteiger partial charge in [-0.2, -0.15) is 5.26 Å². The number of ether oxygens (including phenoxy) is 2. The van der Waals surface area contributed by atoms with Crippen LogP contribution in [0.5, 0.6) is 0 Å². The number of amides is 1. The number of carbonyl (C=O) groups is 3. The SMILES string of the molecule is N#C[C@@H]1C[C@@H]2C[C@@H]2N1C(=O)[C@@H](N)C12CC3C[C@H](CC(OCCN4CCOCC4)(C3)C1)C2.O=C(O)[C@@H](O)[C@@H](O)C(=O)O. The Morgan fingerprint density at radius 1 is 1.00 bits per heavy atom. The lowest BCUT2D eigenvalue weighted by Crippen LogP contribution is -2.65. The molecule has 10 atom stereocenters. The molecule has 3 unspecified atom stereocenters. The number of morpholine rings is 1. The van der Waals surface area contributed by atoms with Gasteiger partial charge in [-0.1, -0.05) is 0 Å². The Hall–Kier alpha value is -2.34. The first kappa shape index (κ1) is 30.1. The fourth-order valence-electron chi connectivity index (χ4n) is 8.58. The fraction of sp³-hybridized carbons (Fsp3) is 0.857. The molecule has 1 amide bonds. The Morgan fingerprint density at radius 2 is 1.61 bits per heavy atom. The molecule has 7 aliphatic rings. The van der Waals surface area contributed by atoms with E-state index in [1.807, 2.05) is 4.90 Å². The summed E-state index contributed by atoms with van der Waals surface area (Å²) in [6, 6.07) is 1.88. The van der Waals surface area contributed by atoms with Gasteiger partial charge in [-0.3, -0.25) is 9.69 Å². The van der Waals surface area contributed by atoms with Gasteiger partial charge in [0.2, 0.25) is 5.91 Å². The largest absolute Gasteiger partial charge is 0.479 e. The van der Waals surface area contributed by atoms with Crippen molar-refractivity contribution in [2.24, 2.45) is 28.9 Å². The quantitative estimate of drug-likeness (QED) is 0.232. The Balaban J connectivity index is 0.000000292. The number of hydrogen-bond acceptors (Lipinski definition) is 10. The summed E-state index contributed by atoms with van der Waals surface area (Å²) in [5.74, 6) is -1.70. The molecular weight excluding hydrogens is 536 g/mol. The van der Waals surface area contributed by atoms with Crippen LogP contribution in [-0.4, -0.2) is 123 Å². The zero-order chi connectivity index (χ0) is 29.5. The highest BCUT2D eigenvalue weighted by Crippen LogP contribution is 2.64. The van der Waals surface area contributed by atoms with E-state index in [1.165, 1.54) is 6.42 Å². The van der Waals surface area contributed by atoms with Crippen molar-refractivity contribution >= 4 is 17.8 Å². The highest BCUT2D eigenvalue weighted by Gasteiger charge is 2.63. The van der Waals surface area contributed by atoms with Crippen LogP contribution in [-0.2, 0) is 23.9 Å². The van der Waals surface area contributed by atoms with Crippen molar-refractivity contribution < 1.29 is 44.3 Å². The molecule has 6 N–H and O–H groups in total. The van der Waals surface area contributed by atoms with Crippen molar-refractivity contribution in [3.05, 3.63) is 0 Å². The van der Waals surface area contributed by atoms with Gasteiger partial charge >= 0.3 is 11.9 Å². The normalized spacial score (nSPS) is 39.1. The van der Waals surface area contributed by atoms with Crippen LogP contribution in [0, 0.1) is 34.5 Å². The third-order valence-corrected chi connectivity index (χ3v) is 10.2. The second-order valence-corrected chi connectivity index (χ2v) is 13.0. The Bertz CT molecular complexity index is 1030. The molecule has 0 aromatic rings. The molecule has 5 saturated carbocycles. The topological polar surface area (TPSA) is 207 Å². The fourth-order valence-corrected chi connectivity index (χ4v) is 8.58. The van der Waals surface area contributed by atoms with Crippen LogP contribution in [0.25, 0.3) is 0 Å². The van der Waals surface area contributed by atoms with Gasteiger partial charge in [0.15, 0.2) is 12.2 Å². The average molecular weight is 579 g/mol. The number of rotatable bonds is 9. The van der Waals surface area contributed by atoms with Gasteiger partial charge in [0.25, 0.3) is 0 Å². The van der Waals surface area contributed by atoms with Crippen LogP contribution in [0.4, 0.5) is 0 Å². The number of carboxylic acids is 2. The molecule has 4 bridgehead atoms. The number of hydrogen-bond donors (Lipinski definition) is 5. The summed E-state index contributed by atoms with van der Waals surface area (Å²) in [6.07, 6.45) is 3.93. The molecule has 0 aromatic carbocycles. The van der Waals surface area contributed by atoms with Crippen LogP contribution in [0.15, 0.2) is 0 Å². The predicted octanol–water partition coefficient (Wildman–Crippen LogP) is -0.608. The molecule has 228 valence electrons. The van der Waals surface area contributed by atoms with Crippen LogP contribution in [0.1, 0.15) is 51.4 Å². The van der Waals surface area contributed by atoms with E-state index in [1.54, 1.807) is 0 Å². The molecule has 2 heterocycles. The average Bonchev–Trinajstić information content (AvgIpc) is 3.60. The number of carboxylic acid groups (broad SMARTS) is 2. The molecular formula is C28H42N4O9. The number of piperidine rings is 1. The van der Waals surface area contributed by atoms with E-state index in [0.29, 0.717) is 17.8 Å². The maximum absolute atomic E-state index is 13.6. The maximum atomic E-state index is 13.6. The molecule has 7 fully saturated rings. The lowest BCUT2D eigenvalue weighted by atomic mass is 9.46. The van der Waals surface area contributed by atoms with Crippen LogP contribution >= 0.6 is 0 Å². The first-order valence-corrected chi connectivity index (χ1v) is 14.7. The number of nitrogens with two attached hydrogens (primary N) is 1. The van der Waals surface area contributed by atoms with Gasteiger partial charge in [0.1, 0.15) is 6.04 Å². The summed E-state index contributed by atoms with van der Waals surface area (Å²) in [6.45, 7) is 5.32. The van der Waals surface area contributed by atoms with E-state index in [4.69, 9.17) is 35.6 Å². The van der Waals surface area contributed by atoms with Crippen molar-refractivity contribution in [1.29, 1.82) is 5.26 Å². The van der Waals surface area contributed by atoms with E-state index in [9.17, 15) is 19.6 Å². The van der Waals surface area contributed by atoms with Gasteiger partial charge < -0.3 is 40.5 Å². The minimum atomic E-state index is -2.27. The van der Waals surface area contributed by atoms with Crippen molar-refractivity contribution in [3.8, 4) is 6.07 Å². The number of nitrogens with zero attached hydrogens (tertiary/aromatic N) is 3. The smallest absolute Gasteiger partial charge is 0.335 e. The van der Waals surface area contributed by atoms with Gasteiger partial charge in [-0.15, -0.1) is 0 Å². The zero-order valence-corrected chi connectivity index (χ0v) is 23.3. The molecule has 13 nitrogen and oxygen atoms in total. The number of fused-ring (bicyclic) bond motifs is 1. The summed E-state index contributed by atoms with van der Waals surface area (Å²) in [7, 11) is 0. The molecule has 0 spiro atoms. The lowest BCUT2D eigenvalue weighted by molar-refractivity contribution is -0.202. The molecule has 0 radical (unpaired) electrons. The van der Waals surface area contributed by atoms with E-state index < -0.39 is 30.2 Å². The minimum Gasteiger partial charge on any atom is -0.479 e. The standard InChI is InChI=1S/C24H36N4O3.C4H6O6/c25-14-19-8-18-9-20(18)28(19)22(29)21(26)23-10-16-7-17(11-23)13-24(12-16,15-23)31-6-3-27-1-4-30-5-2-27;5-1(3(7)8)2(6)4(9)10/h16-21H,1-13,15,26H2;1-2,5-6H,(H,7,8)(H,9,10)/t16-,17?,18+,19-,20-,21+,23?,24?;1-,2+/m0./s1. The summed E-state index contributed by atoms with van der Waals surface area (Å²) >= 11 is 0. The van der Waals surface area contributed by atoms with E-state index in [2.05, 4.69) is 11.0 Å². The first-order valence-electron chi connectivity index (χ1n) is 14.7. The first-order chi connectivity index (χ1) is 19.5. The molecule has 5 aliphatic carbocycles. The highest BCUT2D eigenvalue weighted by molar-refractivity contribution is 5.84. The Labute approximate surface area is 239 Å². The number of likely N-dealkylation sites (tertiary alicyclic amines) is 1. The predicted molar refractivity (Wildman–Crippen MR) is 141 cm³/mol. The summed E-state index contributed by atoms with van der Waals surface area (Å²) < 4.78 is 12.1. The molecule has 2 aliphatic heterocycles. The monoisotopic (exact) mass is 578 g/mol. The van der Waals surface area contributed by atoms with Gasteiger partial charge in [0.05, 0.1) is 37.5 Å². The summed E-state index contributed by atoms with van der Waals surface area (Å²) in [4.78, 5) is 37.4.